The molecule has 2 unspecified atom stereocenters. The van der Waals surface area contributed by atoms with Gasteiger partial charge in [0.1, 0.15) is 11.4 Å². The molecule has 0 aliphatic heterocycles. The lowest BCUT2D eigenvalue weighted by molar-refractivity contribution is -0.385. The van der Waals surface area contributed by atoms with Gasteiger partial charge in [-0.3, -0.25) is 14.9 Å². The first-order valence-electron chi connectivity index (χ1n) is 6.22. The molecule has 1 amide bonds. The average Bonchev–Trinajstić information content (AvgIpc) is 2.74. The molecule has 0 heterocycles. The molecule has 0 radical (unpaired) electrons. The van der Waals surface area contributed by atoms with Crippen LogP contribution in [-0.4, -0.2) is 16.9 Å². The Morgan fingerprint density at radius 1 is 1.47 bits per heavy atom. The molecule has 102 valence electrons. The number of halogens is 1. The molecule has 2 atom stereocenters. The minimum Gasteiger partial charge on any atom is -0.349 e. The van der Waals surface area contributed by atoms with Crippen LogP contribution in [0.1, 0.15) is 36.5 Å². The third-order valence-electron chi connectivity index (χ3n) is 3.43. The molecule has 6 heteroatoms. The lowest BCUT2D eigenvalue weighted by atomic mass is 10.1. The highest BCUT2D eigenvalue weighted by molar-refractivity contribution is 5.98. The van der Waals surface area contributed by atoms with E-state index in [0.29, 0.717) is 5.92 Å². The van der Waals surface area contributed by atoms with Gasteiger partial charge in [-0.2, -0.15) is 0 Å². The Labute approximate surface area is 110 Å². The highest BCUT2D eigenvalue weighted by Crippen LogP contribution is 2.26. The van der Waals surface area contributed by atoms with Crippen LogP contribution in [0.5, 0.6) is 0 Å². The zero-order valence-electron chi connectivity index (χ0n) is 10.6. The average molecular weight is 266 g/mol. The number of amides is 1. The molecule has 19 heavy (non-hydrogen) atoms. The van der Waals surface area contributed by atoms with E-state index in [1.165, 1.54) is 0 Å². The molecular formula is C13H15FN2O3. The van der Waals surface area contributed by atoms with Crippen LogP contribution in [0.3, 0.4) is 0 Å². The Bertz CT molecular complexity index is 519. The largest absolute Gasteiger partial charge is 0.349 e. The van der Waals surface area contributed by atoms with Gasteiger partial charge in [0.05, 0.1) is 11.0 Å². The van der Waals surface area contributed by atoms with Gasteiger partial charge in [-0.25, -0.2) is 4.39 Å². The van der Waals surface area contributed by atoms with Gasteiger partial charge < -0.3 is 5.32 Å². The number of hydrogen-bond donors (Lipinski definition) is 1. The van der Waals surface area contributed by atoms with Crippen molar-refractivity contribution in [2.45, 2.75) is 32.2 Å². The van der Waals surface area contributed by atoms with Crippen molar-refractivity contribution >= 4 is 11.6 Å². The number of carbonyl (C=O) groups is 1. The third kappa shape index (κ3) is 3.07. The van der Waals surface area contributed by atoms with E-state index in [-0.39, 0.29) is 11.6 Å². The molecule has 1 aromatic rings. The highest BCUT2D eigenvalue weighted by Gasteiger charge is 2.26. The standard InChI is InChI=1S/C13H15FN2O3/c1-8-2-4-10(6-8)15-13(17)11-5-3-9(14)7-12(11)16(18)19/h3,5,7-8,10H,2,4,6H2,1H3,(H,15,17). The smallest absolute Gasteiger partial charge is 0.285 e. The predicted molar refractivity (Wildman–Crippen MR) is 67.3 cm³/mol. The van der Waals surface area contributed by atoms with Crippen LogP contribution in [0.15, 0.2) is 18.2 Å². The summed E-state index contributed by atoms with van der Waals surface area (Å²) in [6, 6.07) is 3.03. The van der Waals surface area contributed by atoms with Crippen LogP contribution in [0.25, 0.3) is 0 Å². The molecule has 0 spiro atoms. The van der Waals surface area contributed by atoms with E-state index in [4.69, 9.17) is 0 Å². The first-order chi connectivity index (χ1) is 8.97. The van der Waals surface area contributed by atoms with Crippen LogP contribution in [0.4, 0.5) is 10.1 Å². The van der Waals surface area contributed by atoms with Crippen LogP contribution >= 0.6 is 0 Å². The van der Waals surface area contributed by atoms with E-state index in [0.717, 1.165) is 37.5 Å². The molecule has 1 N–H and O–H groups in total. The van der Waals surface area contributed by atoms with Crippen molar-refractivity contribution in [3.05, 3.63) is 39.7 Å². The molecule has 1 fully saturated rings. The van der Waals surface area contributed by atoms with Gasteiger partial charge in [-0.1, -0.05) is 6.92 Å². The van der Waals surface area contributed by atoms with Crippen molar-refractivity contribution in [3.8, 4) is 0 Å². The van der Waals surface area contributed by atoms with Crippen LogP contribution < -0.4 is 5.32 Å². The van der Waals surface area contributed by atoms with E-state index in [9.17, 15) is 19.3 Å². The fourth-order valence-electron chi connectivity index (χ4n) is 2.45. The number of carbonyl (C=O) groups excluding carboxylic acids is 1. The Kier molecular flexibility index (Phi) is 3.78. The molecule has 0 bridgehead atoms. The zero-order chi connectivity index (χ0) is 14.0. The van der Waals surface area contributed by atoms with Gasteiger partial charge in [0.15, 0.2) is 0 Å². The summed E-state index contributed by atoms with van der Waals surface area (Å²) in [5.74, 6) is -0.683. The number of nitrogens with one attached hydrogen (secondary N) is 1. The molecule has 1 aliphatic rings. The number of rotatable bonds is 3. The Hall–Kier alpha value is -1.98. The molecule has 1 aromatic carbocycles. The normalized spacial score (nSPS) is 22.2. The minimum atomic E-state index is -0.741. The van der Waals surface area contributed by atoms with Crippen molar-refractivity contribution in [2.24, 2.45) is 5.92 Å². The Morgan fingerprint density at radius 3 is 2.79 bits per heavy atom. The van der Waals surface area contributed by atoms with Crippen molar-refractivity contribution < 1.29 is 14.1 Å². The summed E-state index contributed by atoms with van der Waals surface area (Å²) in [5.41, 5.74) is -0.588. The number of nitro benzene ring substituents is 1. The van der Waals surface area contributed by atoms with E-state index in [1.807, 2.05) is 0 Å². The first-order valence-corrected chi connectivity index (χ1v) is 6.22. The maximum atomic E-state index is 13.0. The Morgan fingerprint density at radius 2 is 2.21 bits per heavy atom. The number of nitrogens with zero attached hydrogens (tertiary/aromatic N) is 1. The van der Waals surface area contributed by atoms with Gasteiger partial charge in [0.25, 0.3) is 11.6 Å². The summed E-state index contributed by atoms with van der Waals surface area (Å²) in [6.07, 6.45) is 2.79. The van der Waals surface area contributed by atoms with E-state index < -0.39 is 22.3 Å². The molecule has 0 saturated heterocycles. The molecule has 5 nitrogen and oxygen atoms in total. The fourth-order valence-corrected chi connectivity index (χ4v) is 2.45. The summed E-state index contributed by atoms with van der Waals surface area (Å²) in [4.78, 5) is 22.1. The van der Waals surface area contributed by atoms with Gasteiger partial charge in [-0.05, 0) is 37.3 Å². The highest BCUT2D eigenvalue weighted by atomic mass is 19.1. The second-order valence-electron chi connectivity index (χ2n) is 5.01. The van der Waals surface area contributed by atoms with E-state index in [1.54, 1.807) is 0 Å². The molecule has 0 aromatic heterocycles. The van der Waals surface area contributed by atoms with Gasteiger partial charge in [0, 0.05) is 6.04 Å². The van der Waals surface area contributed by atoms with E-state index in [2.05, 4.69) is 12.2 Å². The quantitative estimate of drug-likeness (QED) is 0.675. The maximum Gasteiger partial charge on any atom is 0.285 e. The molecule has 1 aliphatic carbocycles. The predicted octanol–water partition coefficient (Wildman–Crippen LogP) is 2.65. The summed E-state index contributed by atoms with van der Waals surface area (Å²) in [6.45, 7) is 2.10. The van der Waals surface area contributed by atoms with Crippen molar-refractivity contribution in [3.63, 3.8) is 0 Å². The second-order valence-corrected chi connectivity index (χ2v) is 5.01. The monoisotopic (exact) mass is 266 g/mol. The van der Waals surface area contributed by atoms with Gasteiger partial charge in [-0.15, -0.1) is 0 Å². The van der Waals surface area contributed by atoms with Crippen molar-refractivity contribution in [1.82, 2.24) is 5.32 Å². The Balaban J connectivity index is 2.17. The SMILES string of the molecule is CC1CCC(NC(=O)c2ccc(F)cc2[N+](=O)[O-])C1. The summed E-state index contributed by atoms with van der Waals surface area (Å²) >= 11 is 0. The fraction of sp³-hybridized carbons (Fsp3) is 0.462. The summed E-state index contributed by atoms with van der Waals surface area (Å²) in [5, 5.41) is 13.6. The van der Waals surface area contributed by atoms with Crippen LogP contribution in [-0.2, 0) is 0 Å². The van der Waals surface area contributed by atoms with Crippen molar-refractivity contribution in [2.75, 3.05) is 0 Å². The summed E-state index contributed by atoms with van der Waals surface area (Å²) in [7, 11) is 0. The van der Waals surface area contributed by atoms with Gasteiger partial charge in [0.2, 0.25) is 0 Å². The van der Waals surface area contributed by atoms with Crippen LogP contribution in [0.2, 0.25) is 0 Å². The lowest BCUT2D eigenvalue weighted by Gasteiger charge is -2.12. The number of nitro groups is 1. The minimum absolute atomic E-state index is 0.0483. The first kappa shape index (κ1) is 13.5. The topological polar surface area (TPSA) is 72.2 Å². The van der Waals surface area contributed by atoms with Crippen LogP contribution in [0, 0.1) is 21.8 Å². The lowest BCUT2D eigenvalue weighted by Crippen LogP contribution is -2.33. The summed E-state index contributed by atoms with van der Waals surface area (Å²) < 4.78 is 13.0. The number of benzene rings is 1. The third-order valence-corrected chi connectivity index (χ3v) is 3.43. The van der Waals surface area contributed by atoms with Gasteiger partial charge >= 0.3 is 0 Å². The molecule has 2 rings (SSSR count). The molecule has 1 saturated carbocycles. The molecular weight excluding hydrogens is 251 g/mol. The van der Waals surface area contributed by atoms with Crippen molar-refractivity contribution in [1.29, 1.82) is 0 Å². The van der Waals surface area contributed by atoms with E-state index >= 15 is 0 Å². The zero-order valence-corrected chi connectivity index (χ0v) is 10.6. The number of hydrogen-bond acceptors (Lipinski definition) is 3. The maximum absolute atomic E-state index is 13.0. The second kappa shape index (κ2) is 5.34.